The lowest BCUT2D eigenvalue weighted by Gasteiger charge is -2.00. The van der Waals surface area contributed by atoms with Crippen molar-refractivity contribution in [3.8, 4) is 11.8 Å². The normalized spacial score (nSPS) is 10.5. The van der Waals surface area contributed by atoms with Crippen LogP contribution in [0, 0.1) is 11.8 Å². The Morgan fingerprint density at radius 2 is 1.52 bits per heavy atom. The van der Waals surface area contributed by atoms with Crippen LogP contribution in [-0.4, -0.2) is 12.6 Å². The van der Waals surface area contributed by atoms with Crippen molar-refractivity contribution in [1.29, 1.82) is 0 Å². The number of carbonyl (C=O) groups excluding carboxylic acids is 1. The number of unbranched alkanes of at least 4 members (excludes halogenated alkanes) is 10. The Labute approximate surface area is 144 Å². The summed E-state index contributed by atoms with van der Waals surface area (Å²) in [5, 5.41) is 0. The van der Waals surface area contributed by atoms with Crippen LogP contribution in [0.2, 0.25) is 0 Å². The number of rotatable bonds is 14. The predicted octanol–water partition coefficient (Wildman–Crippen LogP) is 6.20. The van der Waals surface area contributed by atoms with E-state index < -0.39 is 0 Å². The van der Waals surface area contributed by atoms with Gasteiger partial charge in [0.15, 0.2) is 0 Å². The molecule has 0 aromatic heterocycles. The third-order valence-corrected chi connectivity index (χ3v) is 3.78. The quantitative estimate of drug-likeness (QED) is 0.216. The molecular weight excluding hydrogens is 284 g/mol. The monoisotopic (exact) mass is 320 g/mol. The number of allylic oxidation sites excluding steroid dienone is 2. The summed E-state index contributed by atoms with van der Waals surface area (Å²) in [4.78, 5) is 11.1. The second-order valence-corrected chi connectivity index (χ2v) is 6.00. The number of esters is 1. The number of hydrogen-bond donors (Lipinski definition) is 0. The van der Waals surface area contributed by atoms with Gasteiger partial charge >= 0.3 is 5.97 Å². The van der Waals surface area contributed by atoms with Crippen molar-refractivity contribution in [3.63, 3.8) is 0 Å². The maximum Gasteiger partial charge on any atom is 0.306 e. The Hall–Kier alpha value is -1.23. The minimum Gasteiger partial charge on any atom is -0.466 e. The smallest absolute Gasteiger partial charge is 0.306 e. The highest BCUT2D eigenvalue weighted by Crippen LogP contribution is 2.10. The summed E-state index contributed by atoms with van der Waals surface area (Å²) in [6.45, 7) is 4.55. The topological polar surface area (TPSA) is 26.3 Å². The molecule has 132 valence electrons. The molecule has 2 heteroatoms. The van der Waals surface area contributed by atoms with Gasteiger partial charge < -0.3 is 4.74 Å². The lowest BCUT2D eigenvalue weighted by atomic mass is 10.1. The van der Waals surface area contributed by atoms with Crippen molar-refractivity contribution in [2.75, 3.05) is 6.61 Å². The van der Waals surface area contributed by atoms with E-state index in [1.165, 1.54) is 64.2 Å². The Balaban J connectivity index is 3.27. The van der Waals surface area contributed by atoms with E-state index in [4.69, 9.17) is 4.74 Å². The first-order chi connectivity index (χ1) is 11.3. The van der Waals surface area contributed by atoms with Crippen molar-refractivity contribution in [2.45, 2.75) is 97.3 Å². The van der Waals surface area contributed by atoms with Crippen molar-refractivity contribution < 1.29 is 9.53 Å². The van der Waals surface area contributed by atoms with Gasteiger partial charge in [-0.2, -0.15) is 0 Å². The Bertz CT molecular complexity index is 347. The molecule has 0 heterocycles. The summed E-state index contributed by atoms with van der Waals surface area (Å²) >= 11 is 0. The van der Waals surface area contributed by atoms with E-state index in [2.05, 4.69) is 18.8 Å². The van der Waals surface area contributed by atoms with Gasteiger partial charge in [0.05, 0.1) is 6.61 Å². The van der Waals surface area contributed by atoms with Crippen molar-refractivity contribution in [1.82, 2.24) is 0 Å². The van der Waals surface area contributed by atoms with Crippen LogP contribution in [-0.2, 0) is 9.53 Å². The standard InChI is InChI=1S/C21H36O2/c1-3-5-6-7-8-9-10-11-12-13-14-15-16-17-18-19-20-21(22)23-4-2/h17-18H,3-14,19-20H2,1-2H3. The van der Waals surface area contributed by atoms with Crippen molar-refractivity contribution in [2.24, 2.45) is 0 Å². The molecule has 0 unspecified atom stereocenters. The fourth-order valence-electron chi connectivity index (χ4n) is 2.41. The summed E-state index contributed by atoms with van der Waals surface area (Å²) in [6, 6.07) is 0. The SMILES string of the molecule is CCCCCCCCCCCCC#CC=CCCC(=O)OCC. The van der Waals surface area contributed by atoms with E-state index in [1.807, 2.05) is 19.1 Å². The highest BCUT2D eigenvalue weighted by Gasteiger charge is 1.97. The molecule has 0 bridgehead atoms. The molecule has 0 rings (SSSR count). The van der Waals surface area contributed by atoms with Crippen LogP contribution in [0.3, 0.4) is 0 Å². The van der Waals surface area contributed by atoms with E-state index in [-0.39, 0.29) is 5.97 Å². The predicted molar refractivity (Wildman–Crippen MR) is 99.2 cm³/mol. The van der Waals surface area contributed by atoms with Gasteiger partial charge in [-0.05, 0) is 25.8 Å². The first-order valence-electron chi connectivity index (χ1n) is 9.60. The Morgan fingerprint density at radius 3 is 2.13 bits per heavy atom. The van der Waals surface area contributed by atoms with E-state index in [0.717, 1.165) is 6.42 Å². The molecule has 0 spiro atoms. The lowest BCUT2D eigenvalue weighted by molar-refractivity contribution is -0.142. The van der Waals surface area contributed by atoms with E-state index in [9.17, 15) is 4.79 Å². The molecule has 0 fully saturated rings. The molecule has 0 amide bonds. The molecule has 0 aliphatic carbocycles. The van der Waals surface area contributed by atoms with Gasteiger partial charge in [-0.25, -0.2) is 0 Å². The van der Waals surface area contributed by atoms with Crippen molar-refractivity contribution >= 4 is 5.97 Å². The molecule has 2 nitrogen and oxygen atoms in total. The molecule has 0 saturated carbocycles. The van der Waals surface area contributed by atoms with Crippen LogP contribution < -0.4 is 0 Å². The van der Waals surface area contributed by atoms with Gasteiger partial charge in [0.1, 0.15) is 0 Å². The Kier molecular flexibility index (Phi) is 17.8. The van der Waals surface area contributed by atoms with Crippen LogP contribution in [0.1, 0.15) is 97.3 Å². The van der Waals surface area contributed by atoms with Gasteiger partial charge in [0.2, 0.25) is 0 Å². The molecule has 0 atom stereocenters. The highest BCUT2D eigenvalue weighted by molar-refractivity contribution is 5.69. The molecule has 0 N–H and O–H groups in total. The maximum atomic E-state index is 11.1. The average molecular weight is 321 g/mol. The van der Waals surface area contributed by atoms with Crippen LogP contribution in [0.25, 0.3) is 0 Å². The lowest BCUT2D eigenvalue weighted by Crippen LogP contribution is -2.02. The molecule has 23 heavy (non-hydrogen) atoms. The number of carbonyl (C=O) groups is 1. The third-order valence-electron chi connectivity index (χ3n) is 3.78. The summed E-state index contributed by atoms with van der Waals surface area (Å²) in [5.74, 6) is 6.08. The van der Waals surface area contributed by atoms with Gasteiger partial charge in [0.25, 0.3) is 0 Å². The van der Waals surface area contributed by atoms with Gasteiger partial charge in [-0.3, -0.25) is 4.79 Å². The summed E-state index contributed by atoms with van der Waals surface area (Å²) in [7, 11) is 0. The van der Waals surface area contributed by atoms with Gasteiger partial charge in [-0.15, -0.1) is 0 Å². The zero-order chi connectivity index (χ0) is 17.0. The van der Waals surface area contributed by atoms with Crippen molar-refractivity contribution in [3.05, 3.63) is 12.2 Å². The van der Waals surface area contributed by atoms with Gasteiger partial charge in [0, 0.05) is 12.8 Å². The fourth-order valence-corrected chi connectivity index (χ4v) is 2.41. The Morgan fingerprint density at radius 1 is 0.913 bits per heavy atom. The fraction of sp³-hybridized carbons (Fsp3) is 0.762. The zero-order valence-corrected chi connectivity index (χ0v) is 15.4. The van der Waals surface area contributed by atoms with E-state index in [0.29, 0.717) is 19.4 Å². The minimum atomic E-state index is -0.129. The highest BCUT2D eigenvalue weighted by atomic mass is 16.5. The first-order valence-corrected chi connectivity index (χ1v) is 9.60. The molecule has 0 aromatic rings. The maximum absolute atomic E-state index is 11.1. The van der Waals surface area contributed by atoms with Crippen LogP contribution in [0.5, 0.6) is 0 Å². The molecule has 0 aromatic carbocycles. The second-order valence-electron chi connectivity index (χ2n) is 6.00. The molecular formula is C21H36O2. The summed E-state index contributed by atoms with van der Waals surface area (Å²) in [6.07, 6.45) is 19.6. The molecule has 0 aliphatic heterocycles. The van der Waals surface area contributed by atoms with Crippen LogP contribution in [0.15, 0.2) is 12.2 Å². The molecule has 0 saturated heterocycles. The van der Waals surface area contributed by atoms with Crippen LogP contribution in [0.4, 0.5) is 0 Å². The van der Waals surface area contributed by atoms with E-state index in [1.54, 1.807) is 0 Å². The number of ether oxygens (including phenoxy) is 1. The molecule has 0 aliphatic rings. The average Bonchev–Trinajstić information content (AvgIpc) is 2.54. The first kappa shape index (κ1) is 21.8. The third kappa shape index (κ3) is 18.7. The minimum absolute atomic E-state index is 0.129. The van der Waals surface area contributed by atoms with E-state index >= 15 is 0 Å². The van der Waals surface area contributed by atoms with Gasteiger partial charge in [-0.1, -0.05) is 82.6 Å². The largest absolute Gasteiger partial charge is 0.466 e. The molecule has 0 radical (unpaired) electrons. The summed E-state index contributed by atoms with van der Waals surface area (Å²) in [5.41, 5.74) is 0. The second kappa shape index (κ2) is 18.8. The summed E-state index contributed by atoms with van der Waals surface area (Å²) < 4.78 is 4.86. The zero-order valence-electron chi connectivity index (χ0n) is 15.4. The van der Waals surface area contributed by atoms with Crippen LogP contribution >= 0.6 is 0 Å². The number of hydrogen-bond acceptors (Lipinski definition) is 2.